The third-order valence-electron chi connectivity index (χ3n) is 3.98. The molecule has 3 heteroatoms. The smallest absolute Gasteiger partial charge is 0.0596 e. The third-order valence-corrected chi connectivity index (χ3v) is 3.98. The summed E-state index contributed by atoms with van der Waals surface area (Å²) in [5.41, 5.74) is 2.54. The number of aromatic nitrogens is 2. The molecule has 1 aliphatic carbocycles. The molecule has 0 aromatic carbocycles. The molecule has 0 radical (unpaired) electrons. The highest BCUT2D eigenvalue weighted by Crippen LogP contribution is 2.36. The predicted molar refractivity (Wildman–Crippen MR) is 71.0 cm³/mol. The summed E-state index contributed by atoms with van der Waals surface area (Å²) in [7, 11) is 2.06. The molecule has 1 heterocycles. The molecule has 1 fully saturated rings. The van der Waals surface area contributed by atoms with E-state index >= 15 is 0 Å². The van der Waals surface area contributed by atoms with Crippen molar-refractivity contribution in [2.45, 2.75) is 39.5 Å². The Hall–Kier alpha value is -0.830. The quantitative estimate of drug-likeness (QED) is 0.767. The van der Waals surface area contributed by atoms with Crippen LogP contribution in [0.1, 0.15) is 37.6 Å². The minimum Gasteiger partial charge on any atom is -0.316 e. The van der Waals surface area contributed by atoms with Gasteiger partial charge in [-0.1, -0.05) is 6.92 Å². The van der Waals surface area contributed by atoms with Gasteiger partial charge >= 0.3 is 0 Å². The fourth-order valence-corrected chi connectivity index (χ4v) is 2.76. The number of hydrogen-bond donors (Lipinski definition) is 1. The second-order valence-corrected chi connectivity index (χ2v) is 5.41. The molecule has 1 aromatic heterocycles. The van der Waals surface area contributed by atoms with Gasteiger partial charge in [-0.05, 0) is 63.6 Å². The van der Waals surface area contributed by atoms with E-state index in [4.69, 9.17) is 0 Å². The van der Waals surface area contributed by atoms with Gasteiger partial charge in [-0.15, -0.1) is 0 Å². The molecule has 96 valence electrons. The summed E-state index contributed by atoms with van der Waals surface area (Å²) in [5.74, 6) is 1.76. The summed E-state index contributed by atoms with van der Waals surface area (Å²) in [6.07, 6.45) is 5.23. The van der Waals surface area contributed by atoms with Crippen molar-refractivity contribution in [2.75, 3.05) is 13.1 Å². The molecule has 1 aliphatic rings. The Morgan fingerprint density at radius 3 is 2.71 bits per heavy atom. The average Bonchev–Trinajstić information content (AvgIpc) is 2.58. The molecule has 1 aromatic rings. The molecular weight excluding hydrogens is 210 g/mol. The maximum atomic E-state index is 4.42. The van der Waals surface area contributed by atoms with E-state index in [9.17, 15) is 0 Å². The van der Waals surface area contributed by atoms with E-state index < -0.39 is 0 Å². The van der Waals surface area contributed by atoms with Crippen LogP contribution in [0.5, 0.6) is 0 Å². The maximum Gasteiger partial charge on any atom is 0.0596 e. The van der Waals surface area contributed by atoms with E-state index in [1.807, 2.05) is 4.68 Å². The molecule has 2 unspecified atom stereocenters. The zero-order valence-electron chi connectivity index (χ0n) is 11.4. The van der Waals surface area contributed by atoms with Gasteiger partial charge in [0.15, 0.2) is 0 Å². The number of rotatable bonds is 6. The van der Waals surface area contributed by atoms with Gasteiger partial charge in [0.2, 0.25) is 0 Å². The number of nitrogens with zero attached hydrogens (tertiary/aromatic N) is 2. The van der Waals surface area contributed by atoms with Crippen LogP contribution in [0, 0.1) is 18.8 Å². The first-order valence-electron chi connectivity index (χ1n) is 6.91. The van der Waals surface area contributed by atoms with Crippen molar-refractivity contribution in [2.24, 2.45) is 18.9 Å². The summed E-state index contributed by atoms with van der Waals surface area (Å²) in [6.45, 7) is 6.66. The molecular formula is C14H25N3. The SMILES string of the molecule is CCCNCC1CCC1Cc1cc(C)nn1C. The Bertz CT molecular complexity index is 356. The average molecular weight is 235 g/mol. The number of nitrogens with one attached hydrogen (secondary N) is 1. The molecule has 2 atom stereocenters. The van der Waals surface area contributed by atoms with Crippen molar-refractivity contribution in [1.82, 2.24) is 15.1 Å². The van der Waals surface area contributed by atoms with Gasteiger partial charge in [0, 0.05) is 12.7 Å². The van der Waals surface area contributed by atoms with Crippen LogP contribution in [-0.4, -0.2) is 22.9 Å². The third kappa shape index (κ3) is 3.09. The lowest BCUT2D eigenvalue weighted by molar-refractivity contribution is 0.168. The zero-order chi connectivity index (χ0) is 12.3. The minimum absolute atomic E-state index is 0.870. The van der Waals surface area contributed by atoms with E-state index in [0.717, 1.165) is 24.1 Å². The minimum atomic E-state index is 0.870. The largest absolute Gasteiger partial charge is 0.316 e. The Kier molecular flexibility index (Phi) is 4.21. The zero-order valence-corrected chi connectivity index (χ0v) is 11.4. The van der Waals surface area contributed by atoms with Crippen molar-refractivity contribution in [3.63, 3.8) is 0 Å². The van der Waals surface area contributed by atoms with E-state index in [2.05, 4.69) is 37.4 Å². The first-order valence-corrected chi connectivity index (χ1v) is 6.91. The Morgan fingerprint density at radius 2 is 2.18 bits per heavy atom. The molecule has 0 spiro atoms. The standard InChI is InChI=1S/C14H25N3/c1-4-7-15-10-13-6-5-12(13)9-14-8-11(2)16-17(14)3/h8,12-13,15H,4-7,9-10H2,1-3H3. The van der Waals surface area contributed by atoms with Crippen LogP contribution in [0.3, 0.4) is 0 Å². The molecule has 2 rings (SSSR count). The van der Waals surface area contributed by atoms with Gasteiger partial charge < -0.3 is 5.32 Å². The second kappa shape index (κ2) is 5.67. The van der Waals surface area contributed by atoms with Crippen molar-refractivity contribution < 1.29 is 0 Å². The highest BCUT2D eigenvalue weighted by atomic mass is 15.3. The normalized spacial score (nSPS) is 23.7. The van der Waals surface area contributed by atoms with Crippen LogP contribution in [0.2, 0.25) is 0 Å². The van der Waals surface area contributed by atoms with E-state index in [0.29, 0.717) is 0 Å². The number of aryl methyl sites for hydroxylation is 2. The predicted octanol–water partition coefficient (Wildman–Crippen LogP) is 2.30. The highest BCUT2D eigenvalue weighted by molar-refractivity contribution is 5.10. The topological polar surface area (TPSA) is 29.9 Å². The molecule has 0 amide bonds. The fraction of sp³-hybridized carbons (Fsp3) is 0.786. The summed E-state index contributed by atoms with van der Waals surface area (Å²) in [6, 6.07) is 2.23. The highest BCUT2D eigenvalue weighted by Gasteiger charge is 2.30. The van der Waals surface area contributed by atoms with Gasteiger partial charge in [-0.3, -0.25) is 4.68 Å². The molecule has 1 saturated carbocycles. The van der Waals surface area contributed by atoms with Gasteiger partial charge in [0.25, 0.3) is 0 Å². The molecule has 17 heavy (non-hydrogen) atoms. The molecule has 0 bridgehead atoms. The molecule has 0 aliphatic heterocycles. The van der Waals surface area contributed by atoms with Crippen molar-refractivity contribution >= 4 is 0 Å². The lowest BCUT2D eigenvalue weighted by Gasteiger charge is -2.37. The lowest BCUT2D eigenvalue weighted by Crippen LogP contribution is -2.36. The molecule has 1 N–H and O–H groups in total. The summed E-state index contributed by atoms with van der Waals surface area (Å²) in [5, 5.41) is 7.97. The first-order chi connectivity index (χ1) is 8.20. The number of hydrogen-bond acceptors (Lipinski definition) is 2. The molecule has 0 saturated heterocycles. The maximum absolute atomic E-state index is 4.42. The van der Waals surface area contributed by atoms with Gasteiger partial charge in [-0.25, -0.2) is 0 Å². The summed E-state index contributed by atoms with van der Waals surface area (Å²) in [4.78, 5) is 0. The monoisotopic (exact) mass is 235 g/mol. The lowest BCUT2D eigenvalue weighted by atomic mass is 9.71. The summed E-state index contributed by atoms with van der Waals surface area (Å²) >= 11 is 0. The van der Waals surface area contributed by atoms with Crippen LogP contribution in [0.25, 0.3) is 0 Å². The molecule has 3 nitrogen and oxygen atoms in total. The Balaban J connectivity index is 1.81. The summed E-state index contributed by atoms with van der Waals surface area (Å²) < 4.78 is 2.05. The Morgan fingerprint density at radius 1 is 1.41 bits per heavy atom. The van der Waals surface area contributed by atoms with Gasteiger partial charge in [0.1, 0.15) is 0 Å². The van der Waals surface area contributed by atoms with E-state index in [-0.39, 0.29) is 0 Å². The van der Waals surface area contributed by atoms with Crippen LogP contribution in [0.4, 0.5) is 0 Å². The van der Waals surface area contributed by atoms with Crippen LogP contribution in [-0.2, 0) is 13.5 Å². The van der Waals surface area contributed by atoms with E-state index in [1.165, 1.54) is 37.9 Å². The fourth-order valence-electron chi connectivity index (χ4n) is 2.76. The van der Waals surface area contributed by atoms with Crippen molar-refractivity contribution in [3.05, 3.63) is 17.5 Å². The van der Waals surface area contributed by atoms with Crippen LogP contribution >= 0.6 is 0 Å². The Labute approximate surface area is 105 Å². The second-order valence-electron chi connectivity index (χ2n) is 5.41. The van der Waals surface area contributed by atoms with Crippen LogP contribution in [0.15, 0.2) is 6.07 Å². The first kappa shape index (κ1) is 12.6. The van der Waals surface area contributed by atoms with Gasteiger partial charge in [-0.2, -0.15) is 5.10 Å². The van der Waals surface area contributed by atoms with Gasteiger partial charge in [0.05, 0.1) is 5.69 Å². The van der Waals surface area contributed by atoms with Crippen LogP contribution < -0.4 is 5.32 Å². The van der Waals surface area contributed by atoms with E-state index in [1.54, 1.807) is 0 Å². The van der Waals surface area contributed by atoms with Crippen molar-refractivity contribution in [1.29, 1.82) is 0 Å². The van der Waals surface area contributed by atoms with Crippen molar-refractivity contribution in [3.8, 4) is 0 Å².